The topological polar surface area (TPSA) is 85.3 Å². The molecule has 3 aliphatic rings. The molecule has 0 bridgehead atoms. The molecule has 2 aliphatic heterocycles. The molecule has 1 N–H and O–H groups in total. The van der Waals surface area contributed by atoms with Gasteiger partial charge < -0.3 is 19.6 Å². The predicted octanol–water partition coefficient (Wildman–Crippen LogP) is 3.51. The maximum absolute atomic E-state index is 14.8. The number of aliphatic hydroxyl groups is 1. The van der Waals surface area contributed by atoms with Crippen molar-refractivity contribution in [2.24, 2.45) is 0 Å². The highest BCUT2D eigenvalue weighted by atomic mass is 19.4. The maximum Gasteiger partial charge on any atom is 0.573 e. The van der Waals surface area contributed by atoms with Crippen molar-refractivity contribution >= 4 is 11.7 Å². The fraction of sp³-hybridized carbons (Fsp3) is 0.621. The zero-order chi connectivity index (χ0) is 30.2. The molecule has 1 unspecified atom stereocenters. The van der Waals surface area contributed by atoms with Gasteiger partial charge in [0.15, 0.2) is 11.6 Å². The van der Waals surface area contributed by atoms with Crippen molar-refractivity contribution in [3.05, 3.63) is 47.2 Å². The number of carbonyl (C=O) groups excluding carboxylic acids is 1. The van der Waals surface area contributed by atoms with Gasteiger partial charge in [-0.15, -0.1) is 13.2 Å². The highest BCUT2D eigenvalue weighted by Gasteiger charge is 2.37. The van der Waals surface area contributed by atoms with E-state index in [0.29, 0.717) is 56.4 Å². The van der Waals surface area contributed by atoms with Gasteiger partial charge in [0.05, 0.1) is 17.7 Å². The summed E-state index contributed by atoms with van der Waals surface area (Å²) in [5.41, 5.74) is 1.92. The lowest BCUT2D eigenvalue weighted by Gasteiger charge is -2.40. The van der Waals surface area contributed by atoms with E-state index in [1.807, 2.05) is 6.92 Å². The van der Waals surface area contributed by atoms with E-state index in [4.69, 9.17) is 0 Å². The van der Waals surface area contributed by atoms with Crippen LogP contribution in [-0.4, -0.2) is 107 Å². The summed E-state index contributed by atoms with van der Waals surface area (Å²) in [4.78, 5) is 31.1. The van der Waals surface area contributed by atoms with Gasteiger partial charge in [0.1, 0.15) is 12.1 Å². The first-order chi connectivity index (χ1) is 19.9. The quantitative estimate of drug-likeness (QED) is 0.488. The van der Waals surface area contributed by atoms with Gasteiger partial charge >= 0.3 is 6.36 Å². The number of aliphatic hydroxyl groups excluding tert-OH is 1. The molecule has 0 saturated carbocycles. The lowest BCUT2D eigenvalue weighted by molar-refractivity contribution is -0.275. The van der Waals surface area contributed by atoms with E-state index < -0.39 is 30.0 Å². The minimum Gasteiger partial charge on any atom is -0.403 e. The molecular weight excluding hydrogens is 556 g/mol. The molecule has 1 aromatic heterocycles. The number of benzene rings is 1. The number of fused-ring (bicyclic) bond motifs is 1. The number of amides is 1. The summed E-state index contributed by atoms with van der Waals surface area (Å²) in [6.07, 6.45) is -3.58. The summed E-state index contributed by atoms with van der Waals surface area (Å²) in [5.74, 6) is -2.14. The number of rotatable bonds is 7. The van der Waals surface area contributed by atoms with Crippen molar-refractivity contribution < 1.29 is 32.2 Å². The van der Waals surface area contributed by atoms with Crippen LogP contribution in [0.5, 0.6) is 5.75 Å². The Kier molecular flexibility index (Phi) is 8.91. The second-order valence-electron chi connectivity index (χ2n) is 11.7. The molecule has 0 radical (unpaired) electrons. The molecule has 2 fully saturated rings. The minimum absolute atomic E-state index is 0.116. The number of piperazine rings is 2. The van der Waals surface area contributed by atoms with E-state index >= 15 is 0 Å². The number of hydrogen-bond acceptors (Lipinski definition) is 8. The molecule has 0 spiro atoms. The Morgan fingerprint density at radius 3 is 2.38 bits per heavy atom. The third-order valence-corrected chi connectivity index (χ3v) is 8.63. The molecule has 3 atom stereocenters. The van der Waals surface area contributed by atoms with Crippen molar-refractivity contribution in [2.45, 2.75) is 57.5 Å². The van der Waals surface area contributed by atoms with Gasteiger partial charge in [0.2, 0.25) is 5.91 Å². The second-order valence-corrected chi connectivity index (χ2v) is 11.7. The van der Waals surface area contributed by atoms with Gasteiger partial charge in [-0.05, 0) is 43.9 Å². The number of aromatic nitrogens is 2. The van der Waals surface area contributed by atoms with Crippen LogP contribution >= 0.6 is 0 Å². The predicted molar refractivity (Wildman–Crippen MR) is 148 cm³/mol. The third kappa shape index (κ3) is 6.63. The molecule has 1 aromatic carbocycles. The third-order valence-electron chi connectivity index (χ3n) is 8.63. The zero-order valence-electron chi connectivity index (χ0n) is 24.1. The normalized spacial score (nSPS) is 22.9. The van der Waals surface area contributed by atoms with Gasteiger partial charge in [-0.1, -0.05) is 13.0 Å². The van der Waals surface area contributed by atoms with Crippen molar-refractivity contribution in [3.63, 3.8) is 0 Å². The summed E-state index contributed by atoms with van der Waals surface area (Å²) in [6.45, 7) is 11.6. The highest BCUT2D eigenvalue weighted by molar-refractivity contribution is 5.84. The zero-order valence-corrected chi connectivity index (χ0v) is 24.1. The monoisotopic (exact) mass is 594 g/mol. The molecule has 5 rings (SSSR count). The standard InChI is InChI=1S/C29H38F4N6O3/c1-18(2)37-8-6-36(7-9-37)16-21(20-4-5-24(22(30)15-20)42-29(31,32)33)28(41)39-12-10-38(11-13-39)27-25-19(3)14-23(40)26(25)34-17-35-27/h4-5,15,17-19,21,23,40H,6-14,16H2,1-3H3/t19-,21?,23-/m1/s1. The van der Waals surface area contributed by atoms with Gasteiger partial charge in [-0.3, -0.25) is 14.6 Å². The minimum atomic E-state index is -5.02. The number of alkyl halides is 3. The van der Waals surface area contributed by atoms with Crippen LogP contribution < -0.4 is 9.64 Å². The van der Waals surface area contributed by atoms with Crippen LogP contribution in [-0.2, 0) is 4.79 Å². The maximum atomic E-state index is 14.8. The molecule has 230 valence electrons. The molecule has 42 heavy (non-hydrogen) atoms. The number of carbonyl (C=O) groups is 1. The number of halogens is 4. The van der Waals surface area contributed by atoms with E-state index in [2.05, 4.69) is 43.3 Å². The van der Waals surface area contributed by atoms with Crippen LogP contribution in [0.2, 0.25) is 0 Å². The summed E-state index contributed by atoms with van der Waals surface area (Å²) in [6, 6.07) is 3.68. The molecule has 9 nitrogen and oxygen atoms in total. The first-order valence-electron chi connectivity index (χ1n) is 14.5. The first kappa shape index (κ1) is 30.4. The molecule has 2 saturated heterocycles. The Labute approximate surface area is 243 Å². The van der Waals surface area contributed by atoms with Crippen molar-refractivity contribution in [1.82, 2.24) is 24.7 Å². The molecular formula is C29H38F4N6O3. The summed E-state index contributed by atoms with van der Waals surface area (Å²) < 4.78 is 56.8. The number of hydrogen-bond donors (Lipinski definition) is 1. The molecule has 1 aliphatic carbocycles. The Bertz CT molecular complexity index is 1260. The Balaban J connectivity index is 1.32. The summed E-state index contributed by atoms with van der Waals surface area (Å²) in [7, 11) is 0. The molecule has 2 aromatic rings. The van der Waals surface area contributed by atoms with Crippen LogP contribution in [0.3, 0.4) is 0 Å². The summed E-state index contributed by atoms with van der Waals surface area (Å²) >= 11 is 0. The van der Waals surface area contributed by atoms with Crippen LogP contribution in [0.15, 0.2) is 24.5 Å². The number of anilines is 1. The van der Waals surface area contributed by atoms with Crippen molar-refractivity contribution in [2.75, 3.05) is 63.8 Å². The molecule has 1 amide bonds. The SMILES string of the molecule is CC(C)N1CCN(CC(C(=O)N2CCN(c3ncnc4c3[C@H](C)C[C@H]4O)CC2)c2ccc(OC(F)(F)F)c(F)c2)CC1. The highest BCUT2D eigenvalue weighted by Crippen LogP contribution is 2.43. The number of nitrogens with zero attached hydrogens (tertiary/aromatic N) is 6. The lowest BCUT2D eigenvalue weighted by atomic mass is 9.95. The Hall–Kier alpha value is -3.03. The van der Waals surface area contributed by atoms with E-state index in [9.17, 15) is 27.5 Å². The fourth-order valence-corrected chi connectivity index (χ4v) is 6.30. The number of ether oxygens (including phenoxy) is 1. The Morgan fingerprint density at radius 1 is 1.07 bits per heavy atom. The van der Waals surface area contributed by atoms with Gasteiger partial charge in [-0.2, -0.15) is 0 Å². The van der Waals surface area contributed by atoms with Crippen LogP contribution in [0, 0.1) is 5.82 Å². The molecule has 13 heteroatoms. The average molecular weight is 595 g/mol. The smallest absolute Gasteiger partial charge is 0.403 e. The second kappa shape index (κ2) is 12.3. The van der Waals surface area contributed by atoms with Gasteiger partial charge in [-0.25, -0.2) is 14.4 Å². The van der Waals surface area contributed by atoms with Crippen LogP contribution in [0.1, 0.15) is 62.0 Å². The first-order valence-corrected chi connectivity index (χ1v) is 14.5. The van der Waals surface area contributed by atoms with Gasteiger partial charge in [0.25, 0.3) is 0 Å². The van der Waals surface area contributed by atoms with Crippen molar-refractivity contribution in [1.29, 1.82) is 0 Å². The average Bonchev–Trinajstić information content (AvgIpc) is 3.25. The lowest BCUT2D eigenvalue weighted by Crippen LogP contribution is -2.53. The van der Waals surface area contributed by atoms with E-state index in [1.165, 1.54) is 12.4 Å². The van der Waals surface area contributed by atoms with Crippen molar-refractivity contribution in [3.8, 4) is 5.75 Å². The van der Waals surface area contributed by atoms with E-state index in [1.54, 1.807) is 4.90 Å². The summed E-state index contributed by atoms with van der Waals surface area (Å²) in [5, 5.41) is 10.4. The van der Waals surface area contributed by atoms with E-state index in [-0.39, 0.29) is 11.8 Å². The fourth-order valence-electron chi connectivity index (χ4n) is 6.30. The Morgan fingerprint density at radius 2 is 1.76 bits per heavy atom. The van der Waals surface area contributed by atoms with Crippen LogP contribution in [0.4, 0.5) is 23.4 Å². The largest absolute Gasteiger partial charge is 0.573 e. The van der Waals surface area contributed by atoms with Gasteiger partial charge in [0, 0.05) is 70.5 Å². The molecule has 3 heterocycles. The van der Waals surface area contributed by atoms with E-state index in [0.717, 1.165) is 49.7 Å². The van der Waals surface area contributed by atoms with Crippen LogP contribution in [0.25, 0.3) is 0 Å².